The lowest BCUT2D eigenvalue weighted by Crippen LogP contribution is -2.35. The van der Waals surface area contributed by atoms with Crippen molar-refractivity contribution in [1.29, 1.82) is 0 Å². The van der Waals surface area contributed by atoms with Gasteiger partial charge in [-0.3, -0.25) is 0 Å². The average molecular weight is 449 g/mol. The quantitative estimate of drug-likeness (QED) is 0.552. The maximum atomic E-state index is 12.1. The lowest BCUT2D eigenvalue weighted by atomic mass is 9.86. The van der Waals surface area contributed by atoms with Crippen LogP contribution in [0.5, 0.6) is 0 Å². The van der Waals surface area contributed by atoms with Crippen molar-refractivity contribution in [2.75, 3.05) is 40.3 Å². The van der Waals surface area contributed by atoms with Gasteiger partial charge in [-0.25, -0.2) is 4.79 Å². The Kier molecular flexibility index (Phi) is 8.58. The van der Waals surface area contributed by atoms with Gasteiger partial charge in [-0.2, -0.15) is 0 Å². The van der Waals surface area contributed by atoms with Crippen molar-refractivity contribution in [3.05, 3.63) is 69.2 Å². The van der Waals surface area contributed by atoms with E-state index in [-0.39, 0.29) is 5.97 Å². The number of likely N-dealkylation sites (tertiary alicyclic amines) is 1. The fourth-order valence-corrected chi connectivity index (χ4v) is 4.66. The van der Waals surface area contributed by atoms with Gasteiger partial charge in [-0.1, -0.05) is 47.5 Å². The van der Waals surface area contributed by atoms with Gasteiger partial charge in [-0.05, 0) is 87.1 Å². The predicted molar refractivity (Wildman–Crippen MR) is 124 cm³/mol. The molecule has 1 aliphatic heterocycles. The maximum absolute atomic E-state index is 12.1. The van der Waals surface area contributed by atoms with E-state index < -0.39 is 0 Å². The molecule has 1 unspecified atom stereocenters. The molecule has 1 N–H and O–H groups in total. The van der Waals surface area contributed by atoms with E-state index in [1.165, 1.54) is 12.7 Å². The molecule has 1 fully saturated rings. The van der Waals surface area contributed by atoms with E-state index >= 15 is 0 Å². The van der Waals surface area contributed by atoms with Crippen LogP contribution in [0.4, 0.5) is 0 Å². The zero-order valence-electron chi connectivity index (χ0n) is 17.7. The molecule has 0 aliphatic carbocycles. The number of benzene rings is 2. The van der Waals surface area contributed by atoms with Crippen molar-refractivity contribution in [2.24, 2.45) is 0 Å². The summed E-state index contributed by atoms with van der Waals surface area (Å²) in [6.45, 7) is 4.01. The van der Waals surface area contributed by atoms with Crippen molar-refractivity contribution in [2.45, 2.75) is 31.1 Å². The highest BCUT2D eigenvalue weighted by molar-refractivity contribution is 6.42. The number of nitrogens with one attached hydrogen (secondary N) is 1. The van der Waals surface area contributed by atoms with Gasteiger partial charge in [0.2, 0.25) is 0 Å². The van der Waals surface area contributed by atoms with Crippen molar-refractivity contribution < 1.29 is 9.53 Å². The molecule has 4 nitrogen and oxygen atoms in total. The molecule has 0 aromatic heterocycles. The number of hydrogen-bond donors (Lipinski definition) is 1. The highest BCUT2D eigenvalue weighted by Crippen LogP contribution is 2.32. The third kappa shape index (κ3) is 5.76. The number of piperidine rings is 1. The summed E-state index contributed by atoms with van der Waals surface area (Å²) in [6, 6.07) is 13.8. The molecule has 0 spiro atoms. The second kappa shape index (κ2) is 11.1. The minimum absolute atomic E-state index is 0.246. The lowest BCUT2D eigenvalue weighted by molar-refractivity contribution is 0.0598. The smallest absolute Gasteiger partial charge is 0.338 e. The number of hydrogen-bond acceptors (Lipinski definition) is 4. The second-order valence-electron chi connectivity index (χ2n) is 7.91. The number of rotatable bonds is 8. The van der Waals surface area contributed by atoms with Gasteiger partial charge in [-0.15, -0.1) is 0 Å². The van der Waals surface area contributed by atoms with Crippen LogP contribution in [0.15, 0.2) is 42.5 Å². The summed E-state index contributed by atoms with van der Waals surface area (Å²) < 4.78 is 4.96. The number of halogens is 2. The number of carbonyl (C=O) groups excluding carboxylic acids is 1. The number of ether oxygens (including phenoxy) is 1. The first-order valence-electron chi connectivity index (χ1n) is 10.5. The van der Waals surface area contributed by atoms with Gasteiger partial charge in [0.05, 0.1) is 22.7 Å². The van der Waals surface area contributed by atoms with Crippen molar-refractivity contribution in [3.8, 4) is 0 Å². The average Bonchev–Trinajstić information content (AvgIpc) is 2.78. The van der Waals surface area contributed by atoms with Crippen LogP contribution >= 0.6 is 23.2 Å². The Balaban J connectivity index is 1.57. The minimum Gasteiger partial charge on any atom is -0.465 e. The van der Waals surface area contributed by atoms with Gasteiger partial charge in [0.15, 0.2) is 0 Å². The van der Waals surface area contributed by atoms with E-state index in [4.69, 9.17) is 27.9 Å². The fraction of sp³-hybridized carbons (Fsp3) is 0.458. The summed E-state index contributed by atoms with van der Waals surface area (Å²) in [5.74, 6) is 0.548. The van der Waals surface area contributed by atoms with E-state index in [1.807, 2.05) is 37.4 Å². The van der Waals surface area contributed by atoms with Crippen LogP contribution in [0, 0.1) is 0 Å². The molecule has 162 valence electrons. The van der Waals surface area contributed by atoms with E-state index in [0.717, 1.165) is 51.0 Å². The van der Waals surface area contributed by atoms with Crippen molar-refractivity contribution in [3.63, 3.8) is 0 Å². The largest absolute Gasteiger partial charge is 0.465 e. The normalized spacial score (nSPS) is 16.4. The summed E-state index contributed by atoms with van der Waals surface area (Å²) in [5.41, 5.74) is 3.04. The van der Waals surface area contributed by atoms with Gasteiger partial charge < -0.3 is 15.0 Å². The molecular formula is C24H30Cl2N2O2. The first-order valence-corrected chi connectivity index (χ1v) is 11.3. The van der Waals surface area contributed by atoms with E-state index in [1.54, 1.807) is 0 Å². The monoisotopic (exact) mass is 448 g/mol. The zero-order chi connectivity index (χ0) is 21.5. The molecule has 1 aliphatic rings. The molecule has 2 aromatic rings. The topological polar surface area (TPSA) is 41.6 Å². The molecule has 2 aromatic carbocycles. The lowest BCUT2D eigenvalue weighted by Gasteiger charge is -2.33. The van der Waals surface area contributed by atoms with E-state index in [9.17, 15) is 4.79 Å². The van der Waals surface area contributed by atoms with E-state index in [0.29, 0.717) is 27.4 Å². The molecule has 30 heavy (non-hydrogen) atoms. The highest BCUT2D eigenvalue weighted by Gasteiger charge is 2.25. The molecule has 0 saturated carbocycles. The summed E-state index contributed by atoms with van der Waals surface area (Å²) in [6.07, 6.45) is 3.16. The standard InChI is InChI=1S/C24H30Cl2N2O2/c1-27-16-19(18-7-8-22(25)23(26)15-18)11-14-28-12-9-17(10-13-28)20-5-3-4-6-21(20)24(29)30-2/h3-8,15,17,19,27H,9-14,16H2,1-2H3. The molecule has 0 amide bonds. The molecule has 0 radical (unpaired) electrons. The first kappa shape index (κ1) is 23.1. The Hall–Kier alpha value is -1.59. The second-order valence-corrected chi connectivity index (χ2v) is 8.73. The van der Waals surface area contributed by atoms with Crippen LogP contribution < -0.4 is 5.32 Å². The van der Waals surface area contributed by atoms with E-state index in [2.05, 4.69) is 22.3 Å². The first-order chi connectivity index (χ1) is 14.5. The van der Waals surface area contributed by atoms with Crippen molar-refractivity contribution in [1.82, 2.24) is 10.2 Å². The number of methoxy groups -OCH3 is 1. The summed E-state index contributed by atoms with van der Waals surface area (Å²) in [5, 5.41) is 4.51. The third-order valence-corrected chi connectivity index (χ3v) is 6.79. The number of esters is 1. The van der Waals surface area contributed by atoms with Crippen LogP contribution in [-0.2, 0) is 4.74 Å². The molecule has 1 atom stereocenters. The molecule has 1 heterocycles. The Labute approximate surface area is 189 Å². The Morgan fingerprint density at radius 3 is 2.57 bits per heavy atom. The predicted octanol–water partition coefficient (Wildman–Crippen LogP) is 5.35. The van der Waals surface area contributed by atoms with Gasteiger partial charge in [0, 0.05) is 6.54 Å². The highest BCUT2D eigenvalue weighted by atomic mass is 35.5. The molecular weight excluding hydrogens is 419 g/mol. The third-order valence-electron chi connectivity index (χ3n) is 6.05. The van der Waals surface area contributed by atoms with Crippen LogP contribution in [0.1, 0.15) is 52.6 Å². The maximum Gasteiger partial charge on any atom is 0.338 e. The van der Waals surface area contributed by atoms with Crippen molar-refractivity contribution >= 4 is 29.2 Å². The summed E-state index contributed by atoms with van der Waals surface area (Å²) >= 11 is 12.3. The minimum atomic E-state index is -0.246. The molecule has 3 rings (SSSR count). The molecule has 6 heteroatoms. The zero-order valence-corrected chi connectivity index (χ0v) is 19.2. The number of likely N-dealkylation sites (N-methyl/N-ethyl adjacent to an activating group) is 1. The van der Waals surface area contributed by atoms with Crippen LogP contribution in [0.3, 0.4) is 0 Å². The van der Waals surface area contributed by atoms with Gasteiger partial charge in [0.25, 0.3) is 0 Å². The SMILES string of the molecule is CNCC(CCN1CCC(c2ccccc2C(=O)OC)CC1)c1ccc(Cl)c(Cl)c1. The number of nitrogens with zero attached hydrogens (tertiary/aromatic N) is 1. The Morgan fingerprint density at radius 2 is 1.90 bits per heavy atom. The fourth-order valence-electron chi connectivity index (χ4n) is 4.35. The molecule has 0 bridgehead atoms. The van der Waals surface area contributed by atoms with Crippen LogP contribution in [0.2, 0.25) is 10.0 Å². The van der Waals surface area contributed by atoms with Crippen LogP contribution in [-0.4, -0.2) is 51.2 Å². The van der Waals surface area contributed by atoms with Crippen LogP contribution in [0.25, 0.3) is 0 Å². The van der Waals surface area contributed by atoms with Gasteiger partial charge in [0.1, 0.15) is 0 Å². The number of carbonyl (C=O) groups is 1. The Bertz CT molecular complexity index is 851. The summed E-state index contributed by atoms with van der Waals surface area (Å²) in [7, 11) is 3.42. The molecule has 1 saturated heterocycles. The summed E-state index contributed by atoms with van der Waals surface area (Å²) in [4.78, 5) is 14.6. The van der Waals surface area contributed by atoms with Gasteiger partial charge >= 0.3 is 5.97 Å². The Morgan fingerprint density at radius 1 is 1.17 bits per heavy atom.